The van der Waals surface area contributed by atoms with Crippen molar-refractivity contribution in [3.63, 3.8) is 0 Å². The molecular weight excluding hydrogens is 252 g/mol. The highest BCUT2D eigenvalue weighted by atomic mass is 32.2. The first-order valence-corrected chi connectivity index (χ1v) is 8.13. The zero-order valence-electron chi connectivity index (χ0n) is 12.0. The van der Waals surface area contributed by atoms with Crippen molar-refractivity contribution in [3.8, 4) is 0 Å². The van der Waals surface area contributed by atoms with Gasteiger partial charge in [-0.25, -0.2) is 13.1 Å². The third kappa shape index (κ3) is 9.82. The van der Waals surface area contributed by atoms with E-state index in [2.05, 4.69) is 4.72 Å². The summed E-state index contributed by atoms with van der Waals surface area (Å²) in [6.45, 7) is 9.16. The first-order chi connectivity index (χ1) is 8.18. The molecule has 0 spiro atoms. The van der Waals surface area contributed by atoms with Crippen molar-refractivity contribution in [2.45, 2.75) is 46.6 Å². The van der Waals surface area contributed by atoms with Crippen LogP contribution in [0.3, 0.4) is 0 Å². The Labute approximate surface area is 112 Å². The molecule has 6 heteroatoms. The van der Waals surface area contributed by atoms with E-state index in [0.717, 1.165) is 12.8 Å². The molecule has 0 fully saturated rings. The Kier molecular flexibility index (Phi) is 8.02. The number of rotatable bonds is 10. The molecule has 0 aliphatic carbocycles. The number of hydrogen-bond acceptors (Lipinski definition) is 4. The Bertz CT molecular complexity index is 313. The Morgan fingerprint density at radius 3 is 2.44 bits per heavy atom. The van der Waals surface area contributed by atoms with Crippen LogP contribution in [-0.4, -0.2) is 40.0 Å². The summed E-state index contributed by atoms with van der Waals surface area (Å²) in [6.07, 6.45) is 1.88. The molecule has 0 aromatic rings. The maximum Gasteiger partial charge on any atom is 0.213 e. The van der Waals surface area contributed by atoms with Crippen molar-refractivity contribution in [1.82, 2.24) is 4.72 Å². The molecule has 0 saturated heterocycles. The van der Waals surface area contributed by atoms with Crippen LogP contribution in [0.1, 0.15) is 40.5 Å². The van der Waals surface area contributed by atoms with Crippen LogP contribution in [0.4, 0.5) is 0 Å². The van der Waals surface area contributed by atoms with Crippen LogP contribution in [-0.2, 0) is 14.8 Å². The highest BCUT2D eigenvalue weighted by Gasteiger charge is 2.20. The maximum atomic E-state index is 11.7. The van der Waals surface area contributed by atoms with Crippen LogP contribution in [0.15, 0.2) is 0 Å². The summed E-state index contributed by atoms with van der Waals surface area (Å²) < 4.78 is 31.3. The molecule has 5 nitrogen and oxygen atoms in total. The molecule has 0 aliphatic heterocycles. The van der Waals surface area contributed by atoms with Gasteiger partial charge in [0.1, 0.15) is 0 Å². The fourth-order valence-electron chi connectivity index (χ4n) is 1.44. The van der Waals surface area contributed by atoms with Crippen LogP contribution < -0.4 is 10.5 Å². The zero-order chi connectivity index (χ0) is 14.2. The number of sulfonamides is 1. The number of nitrogens with one attached hydrogen (secondary N) is 1. The average Bonchev–Trinajstić information content (AvgIpc) is 2.23. The summed E-state index contributed by atoms with van der Waals surface area (Å²) >= 11 is 0. The van der Waals surface area contributed by atoms with Gasteiger partial charge in [0.15, 0.2) is 0 Å². The zero-order valence-corrected chi connectivity index (χ0v) is 12.8. The van der Waals surface area contributed by atoms with Gasteiger partial charge in [0, 0.05) is 6.54 Å². The van der Waals surface area contributed by atoms with Crippen LogP contribution >= 0.6 is 0 Å². The normalized spacial score (nSPS) is 13.2. The minimum atomic E-state index is -3.24. The summed E-state index contributed by atoms with van der Waals surface area (Å²) in [7, 11) is -3.24. The van der Waals surface area contributed by atoms with Gasteiger partial charge in [-0.3, -0.25) is 0 Å². The van der Waals surface area contributed by atoms with Gasteiger partial charge in [-0.15, -0.1) is 0 Å². The van der Waals surface area contributed by atoms with E-state index in [1.807, 2.05) is 27.7 Å². The highest BCUT2D eigenvalue weighted by molar-refractivity contribution is 7.89. The summed E-state index contributed by atoms with van der Waals surface area (Å²) in [5.41, 5.74) is 5.39. The van der Waals surface area contributed by atoms with Gasteiger partial charge in [0.2, 0.25) is 10.0 Å². The molecule has 0 radical (unpaired) electrons. The lowest BCUT2D eigenvalue weighted by Crippen LogP contribution is -2.36. The molecule has 0 heterocycles. The van der Waals surface area contributed by atoms with E-state index in [1.165, 1.54) is 0 Å². The Morgan fingerprint density at radius 1 is 1.33 bits per heavy atom. The maximum absolute atomic E-state index is 11.7. The average molecular weight is 280 g/mol. The van der Waals surface area contributed by atoms with Gasteiger partial charge in [0.25, 0.3) is 0 Å². The third-order valence-corrected chi connectivity index (χ3v) is 3.92. The van der Waals surface area contributed by atoms with E-state index in [4.69, 9.17) is 10.5 Å². The molecule has 0 aromatic carbocycles. The molecule has 0 aliphatic rings. The first kappa shape index (κ1) is 17.8. The lowest BCUT2D eigenvalue weighted by molar-refractivity contribution is 0.0911. The van der Waals surface area contributed by atoms with E-state index in [9.17, 15) is 8.42 Å². The molecule has 0 amide bonds. The van der Waals surface area contributed by atoms with E-state index >= 15 is 0 Å². The fourth-order valence-corrected chi connectivity index (χ4v) is 2.51. The van der Waals surface area contributed by atoms with Gasteiger partial charge in [0.05, 0.1) is 18.5 Å². The van der Waals surface area contributed by atoms with Crippen molar-refractivity contribution in [2.24, 2.45) is 11.1 Å². The number of nitrogens with two attached hydrogens (primary N) is 1. The van der Waals surface area contributed by atoms with Crippen LogP contribution in [0.5, 0.6) is 0 Å². The van der Waals surface area contributed by atoms with Gasteiger partial charge in [-0.2, -0.15) is 0 Å². The van der Waals surface area contributed by atoms with Gasteiger partial charge >= 0.3 is 0 Å². The molecule has 18 heavy (non-hydrogen) atoms. The monoisotopic (exact) mass is 280 g/mol. The van der Waals surface area contributed by atoms with Crippen LogP contribution in [0.2, 0.25) is 0 Å². The van der Waals surface area contributed by atoms with Crippen molar-refractivity contribution in [1.29, 1.82) is 0 Å². The summed E-state index contributed by atoms with van der Waals surface area (Å²) in [5, 5.41) is 0. The van der Waals surface area contributed by atoms with Crippen molar-refractivity contribution < 1.29 is 13.2 Å². The van der Waals surface area contributed by atoms with E-state index in [-0.39, 0.29) is 23.9 Å². The first-order valence-electron chi connectivity index (χ1n) is 6.47. The second-order valence-corrected chi connectivity index (χ2v) is 7.54. The quantitative estimate of drug-likeness (QED) is 0.628. The van der Waals surface area contributed by atoms with E-state index in [1.54, 1.807) is 0 Å². The molecule has 0 saturated carbocycles. The largest absolute Gasteiger partial charge is 0.378 e. The lowest BCUT2D eigenvalue weighted by atomic mass is 9.88. The molecule has 0 unspecified atom stereocenters. The number of hydrogen-bond donors (Lipinski definition) is 2. The molecule has 0 bridgehead atoms. The molecule has 0 aromatic heterocycles. The van der Waals surface area contributed by atoms with Gasteiger partial charge in [-0.05, 0) is 38.6 Å². The van der Waals surface area contributed by atoms with Crippen molar-refractivity contribution in [2.75, 3.05) is 25.4 Å². The van der Waals surface area contributed by atoms with Gasteiger partial charge in [-0.1, -0.05) is 13.8 Å². The van der Waals surface area contributed by atoms with E-state index < -0.39 is 10.0 Å². The van der Waals surface area contributed by atoms with Crippen molar-refractivity contribution >= 4 is 10.0 Å². The van der Waals surface area contributed by atoms with Crippen LogP contribution in [0.25, 0.3) is 0 Å². The summed E-state index contributed by atoms with van der Waals surface area (Å²) in [4.78, 5) is 0. The molecule has 110 valence electrons. The van der Waals surface area contributed by atoms with Gasteiger partial charge < -0.3 is 10.5 Å². The minimum Gasteiger partial charge on any atom is -0.378 e. The standard InChI is InChI=1S/C12H28N2O3S/c1-11(2)17-8-9-18(15,16)14-10-12(3,4)6-5-7-13/h11,14H,5-10,13H2,1-4H3. The Balaban J connectivity index is 4.02. The lowest BCUT2D eigenvalue weighted by Gasteiger charge is -2.24. The Hall–Kier alpha value is -0.170. The Morgan fingerprint density at radius 2 is 1.94 bits per heavy atom. The number of ether oxygens (including phenoxy) is 1. The predicted molar refractivity (Wildman–Crippen MR) is 74.9 cm³/mol. The molecule has 3 N–H and O–H groups in total. The van der Waals surface area contributed by atoms with Crippen molar-refractivity contribution in [3.05, 3.63) is 0 Å². The smallest absolute Gasteiger partial charge is 0.213 e. The van der Waals surface area contributed by atoms with E-state index in [0.29, 0.717) is 13.1 Å². The summed E-state index contributed by atoms with van der Waals surface area (Å²) in [6, 6.07) is 0. The minimum absolute atomic E-state index is 0.0121. The third-order valence-electron chi connectivity index (χ3n) is 2.63. The molecule has 0 rings (SSSR count). The molecular formula is C12H28N2O3S. The van der Waals surface area contributed by atoms with Crippen LogP contribution in [0, 0.1) is 5.41 Å². The highest BCUT2D eigenvalue weighted by Crippen LogP contribution is 2.20. The second kappa shape index (κ2) is 8.09. The predicted octanol–water partition coefficient (Wildman–Crippen LogP) is 1.10. The topological polar surface area (TPSA) is 81.4 Å². The fraction of sp³-hybridized carbons (Fsp3) is 1.00. The summed E-state index contributed by atoms with van der Waals surface area (Å²) in [5.74, 6) is 0.0121. The molecule has 0 atom stereocenters. The SMILES string of the molecule is CC(C)OCCS(=O)(=O)NCC(C)(C)CCCN. The second-order valence-electron chi connectivity index (χ2n) is 5.62.